The smallest absolute Gasteiger partial charge is 0.399 e. The minimum absolute atomic E-state index is 0.435. The third-order valence-electron chi connectivity index (χ3n) is 8.13. The molecule has 0 unspecified atom stereocenters. The van der Waals surface area contributed by atoms with E-state index in [1.54, 1.807) is 11.3 Å². The van der Waals surface area contributed by atoms with Crippen LogP contribution in [0.5, 0.6) is 0 Å². The summed E-state index contributed by atoms with van der Waals surface area (Å²) in [7, 11) is -0.482. The number of anilines is 1. The first kappa shape index (κ1) is 27.2. The molecule has 2 N–H and O–H groups in total. The Balaban J connectivity index is 1.42. The summed E-state index contributed by atoms with van der Waals surface area (Å²) >= 11 is 1.62. The van der Waals surface area contributed by atoms with E-state index >= 15 is 0 Å². The first-order valence-electron chi connectivity index (χ1n) is 13.8. The van der Waals surface area contributed by atoms with E-state index in [0.717, 1.165) is 42.8 Å². The highest BCUT2D eigenvalue weighted by Gasteiger charge is 2.52. The molecule has 1 aromatic heterocycles. The van der Waals surface area contributed by atoms with Gasteiger partial charge in [0.25, 0.3) is 0 Å². The molecule has 0 saturated carbocycles. The molecule has 1 saturated heterocycles. The Hall–Kier alpha value is -3.97. The first-order valence-corrected chi connectivity index (χ1v) is 14.6. The Bertz CT molecular complexity index is 1740. The van der Waals surface area contributed by atoms with Crippen LogP contribution >= 0.6 is 11.3 Å². The first-order chi connectivity index (χ1) is 19.6. The molecule has 5 aromatic rings. The fourth-order valence-corrected chi connectivity index (χ4v) is 6.27. The van der Waals surface area contributed by atoms with Gasteiger partial charge in [0.05, 0.1) is 33.2 Å². The lowest BCUT2D eigenvalue weighted by molar-refractivity contribution is 0.00578. The highest BCUT2D eigenvalue weighted by Crippen LogP contribution is 2.40. The lowest BCUT2D eigenvalue weighted by atomic mass is 9.78. The largest absolute Gasteiger partial charge is 0.496 e. The number of fused-ring (bicyclic) bond motifs is 1. The molecule has 1 fully saturated rings. The summed E-state index contributed by atoms with van der Waals surface area (Å²) in [5, 5.41) is 0.971. The molecule has 204 valence electrons. The van der Waals surface area contributed by atoms with Crippen molar-refractivity contribution in [3.05, 3.63) is 126 Å². The van der Waals surface area contributed by atoms with Crippen LogP contribution < -0.4 is 11.2 Å². The summed E-state index contributed by atoms with van der Waals surface area (Å²) in [6.07, 6.45) is 0. The molecule has 41 heavy (non-hydrogen) atoms. The topological polar surface area (TPSA) is 56.8 Å². The van der Waals surface area contributed by atoms with Gasteiger partial charge >= 0.3 is 7.12 Å². The summed E-state index contributed by atoms with van der Waals surface area (Å²) in [5.74, 6) is 0. The fraction of sp³-hybridized carbons (Fsp3) is 0.171. The van der Waals surface area contributed by atoms with Crippen LogP contribution in [0.4, 0.5) is 5.69 Å². The average Bonchev–Trinajstić information content (AvgIpc) is 3.43. The second-order valence-electron chi connectivity index (χ2n) is 11.4. The van der Waals surface area contributed by atoms with E-state index in [9.17, 15) is 0 Å². The van der Waals surface area contributed by atoms with E-state index in [4.69, 9.17) is 20.0 Å². The highest BCUT2D eigenvalue weighted by molar-refractivity contribution is 7.23. The lowest BCUT2D eigenvalue weighted by Crippen LogP contribution is -2.41. The van der Waals surface area contributed by atoms with Crippen molar-refractivity contribution in [2.24, 2.45) is 4.99 Å². The molecule has 4 aromatic carbocycles. The highest BCUT2D eigenvalue weighted by atomic mass is 32.1. The van der Waals surface area contributed by atoms with Crippen LogP contribution in [0.15, 0.2) is 115 Å². The number of rotatable bonds is 6. The number of hydrogen-bond acceptors (Lipinski definition) is 5. The van der Waals surface area contributed by atoms with Crippen molar-refractivity contribution in [1.29, 1.82) is 0 Å². The number of hydrogen-bond donors (Lipinski definition) is 1. The van der Waals surface area contributed by atoms with Crippen LogP contribution in [0, 0.1) is 0 Å². The fourth-order valence-electron chi connectivity index (χ4n) is 5.02. The monoisotopic (exact) mass is 556 g/mol. The zero-order chi connectivity index (χ0) is 28.8. The average molecular weight is 557 g/mol. The van der Waals surface area contributed by atoms with Gasteiger partial charge in [-0.2, -0.15) is 0 Å². The van der Waals surface area contributed by atoms with Gasteiger partial charge in [0, 0.05) is 21.1 Å². The number of nitrogens with zero attached hydrogens (tertiary/aromatic N) is 1. The minimum atomic E-state index is -0.482. The predicted molar refractivity (Wildman–Crippen MR) is 175 cm³/mol. The number of nitrogen functional groups attached to an aromatic ring is 1. The summed E-state index contributed by atoms with van der Waals surface area (Å²) < 4.78 is 13.9. The maximum atomic E-state index is 6.87. The molecule has 6 rings (SSSR count). The molecule has 0 spiro atoms. The van der Waals surface area contributed by atoms with Crippen molar-refractivity contribution < 1.29 is 9.31 Å². The van der Waals surface area contributed by atoms with E-state index < -0.39 is 18.3 Å². The van der Waals surface area contributed by atoms with Gasteiger partial charge in [0.1, 0.15) is 0 Å². The third-order valence-corrected chi connectivity index (χ3v) is 9.40. The molecule has 0 radical (unpaired) electrons. The molecule has 1 aliphatic rings. The maximum Gasteiger partial charge on any atom is 0.496 e. The summed E-state index contributed by atoms with van der Waals surface area (Å²) in [6, 6.07) is 35.0. The van der Waals surface area contributed by atoms with Gasteiger partial charge in [-0.25, -0.2) is 4.99 Å². The van der Waals surface area contributed by atoms with Crippen LogP contribution in [0.25, 0.3) is 26.9 Å². The number of benzene rings is 4. The molecule has 2 heterocycles. The maximum absolute atomic E-state index is 6.87. The molecular formula is C35H33BN2O2S. The molecule has 4 nitrogen and oxygen atoms in total. The number of aliphatic imine (C=N–C) groups is 1. The second kappa shape index (κ2) is 10.5. The lowest BCUT2D eigenvalue weighted by Gasteiger charge is -2.32. The van der Waals surface area contributed by atoms with E-state index in [1.807, 2.05) is 42.5 Å². The van der Waals surface area contributed by atoms with Crippen molar-refractivity contribution in [3.8, 4) is 11.1 Å². The quantitative estimate of drug-likeness (QED) is 0.171. The summed E-state index contributed by atoms with van der Waals surface area (Å²) in [6.45, 7) is 12.6. The van der Waals surface area contributed by atoms with Gasteiger partial charge in [-0.05, 0) is 44.4 Å². The van der Waals surface area contributed by atoms with Crippen molar-refractivity contribution in [2.75, 3.05) is 5.73 Å². The summed E-state index contributed by atoms with van der Waals surface area (Å²) in [4.78, 5) is 6.01. The molecule has 0 amide bonds. The molecular weight excluding hydrogens is 523 g/mol. The number of thiophene rings is 1. The van der Waals surface area contributed by atoms with Crippen molar-refractivity contribution in [3.63, 3.8) is 0 Å². The van der Waals surface area contributed by atoms with Crippen molar-refractivity contribution >= 4 is 51.1 Å². The molecule has 6 heteroatoms. The predicted octanol–water partition coefficient (Wildman–Crippen LogP) is 7.96. The SMILES string of the molecule is C=C(N=C(c1ccccc1)c1sc2c(B3OC(C)(C)C(C)(C)O3)cccc2c1N)c1ccc(-c2ccccc2)cc1. The van der Waals surface area contributed by atoms with Crippen LogP contribution in [0.2, 0.25) is 0 Å². The van der Waals surface area contributed by atoms with E-state index in [1.165, 1.54) is 5.56 Å². The van der Waals surface area contributed by atoms with Gasteiger partial charge in [-0.15, -0.1) is 11.3 Å². The Morgan fingerprint density at radius 1 is 0.732 bits per heavy atom. The van der Waals surface area contributed by atoms with Crippen LogP contribution in [0.3, 0.4) is 0 Å². The zero-order valence-electron chi connectivity index (χ0n) is 23.8. The standard InChI is InChI=1S/C35H33BN2O2S/c1-23(24-19-21-26(22-20-24)25-13-8-6-9-14-25)38-31(27-15-10-7-11-16-27)33-30(37)28-17-12-18-29(32(28)41-33)36-39-34(2,3)35(4,5)40-36/h6-22H,1,37H2,2-5H3. The van der Waals surface area contributed by atoms with E-state index in [2.05, 4.69) is 94.9 Å². The second-order valence-corrected chi connectivity index (χ2v) is 12.4. The van der Waals surface area contributed by atoms with E-state index in [0.29, 0.717) is 11.4 Å². The molecule has 0 bridgehead atoms. The zero-order valence-corrected chi connectivity index (χ0v) is 24.7. The molecule has 1 aliphatic heterocycles. The van der Waals surface area contributed by atoms with Gasteiger partial charge in [0.2, 0.25) is 0 Å². The third kappa shape index (κ3) is 5.04. The van der Waals surface area contributed by atoms with Crippen molar-refractivity contribution in [2.45, 2.75) is 38.9 Å². The van der Waals surface area contributed by atoms with E-state index in [-0.39, 0.29) is 0 Å². The Morgan fingerprint density at radius 2 is 1.32 bits per heavy atom. The van der Waals surface area contributed by atoms with Gasteiger partial charge in [0.15, 0.2) is 0 Å². The van der Waals surface area contributed by atoms with Gasteiger partial charge in [-0.3, -0.25) is 0 Å². The normalized spacial score (nSPS) is 16.3. The molecule has 0 atom stereocenters. The Kier molecular flexibility index (Phi) is 6.94. The minimum Gasteiger partial charge on any atom is -0.399 e. The van der Waals surface area contributed by atoms with Crippen LogP contribution in [-0.2, 0) is 9.31 Å². The molecule has 0 aliphatic carbocycles. The van der Waals surface area contributed by atoms with Gasteiger partial charge < -0.3 is 15.0 Å². The van der Waals surface area contributed by atoms with Gasteiger partial charge in [-0.1, -0.05) is 110 Å². The number of nitrogens with two attached hydrogens (primary N) is 1. The summed E-state index contributed by atoms with van der Waals surface area (Å²) in [5.41, 5.74) is 13.4. The Morgan fingerprint density at radius 3 is 1.95 bits per heavy atom. The van der Waals surface area contributed by atoms with Crippen LogP contribution in [0.1, 0.15) is 43.7 Å². The Labute approximate surface area is 246 Å². The van der Waals surface area contributed by atoms with Crippen LogP contribution in [-0.4, -0.2) is 24.0 Å². The van der Waals surface area contributed by atoms with Crippen molar-refractivity contribution in [1.82, 2.24) is 0 Å².